The Hall–Kier alpha value is -2.68. The highest BCUT2D eigenvalue weighted by atomic mass is 32.1. The number of amides is 1. The number of esters is 1. The monoisotopic (exact) mass is 429 g/mol. The predicted molar refractivity (Wildman–Crippen MR) is 118 cm³/mol. The van der Waals surface area contributed by atoms with Gasteiger partial charge in [0.05, 0.1) is 12.7 Å². The summed E-state index contributed by atoms with van der Waals surface area (Å²) in [4.78, 5) is 35.4. The molecule has 1 unspecified atom stereocenters. The molecule has 3 N–H and O–H groups in total. The molecule has 9 heteroatoms. The summed E-state index contributed by atoms with van der Waals surface area (Å²) >= 11 is 1.56. The largest absolute Gasteiger partial charge is 0.465 e. The lowest BCUT2D eigenvalue weighted by Gasteiger charge is -2.28. The molecule has 1 amide bonds. The predicted octanol–water partition coefficient (Wildman–Crippen LogP) is 4.03. The molecule has 0 spiro atoms. The summed E-state index contributed by atoms with van der Waals surface area (Å²) in [6.07, 6.45) is 4.72. The summed E-state index contributed by atoms with van der Waals surface area (Å²) in [6, 6.07) is -0.334. The molecule has 0 fully saturated rings. The normalized spacial score (nSPS) is 17.6. The molecule has 2 aliphatic rings. The van der Waals surface area contributed by atoms with E-state index in [1.54, 1.807) is 11.3 Å². The number of ether oxygens (including phenoxy) is 1. The molecule has 0 bridgehead atoms. The molecule has 2 aromatic heterocycles. The van der Waals surface area contributed by atoms with Crippen LogP contribution in [0.5, 0.6) is 0 Å². The Morgan fingerprint density at radius 3 is 2.80 bits per heavy atom. The van der Waals surface area contributed by atoms with Crippen molar-refractivity contribution in [3.63, 3.8) is 0 Å². The third-order valence-corrected chi connectivity index (χ3v) is 6.60. The van der Waals surface area contributed by atoms with Gasteiger partial charge in [-0.1, -0.05) is 13.8 Å². The Kier molecular flexibility index (Phi) is 5.64. The molecule has 0 radical (unpaired) electrons. The van der Waals surface area contributed by atoms with Crippen LogP contribution in [0.1, 0.15) is 59.7 Å². The van der Waals surface area contributed by atoms with Gasteiger partial charge in [-0.05, 0) is 50.5 Å². The molecule has 1 aliphatic carbocycles. The van der Waals surface area contributed by atoms with Gasteiger partial charge in [0.1, 0.15) is 22.6 Å². The molecule has 0 aromatic carbocycles. The minimum Gasteiger partial charge on any atom is -0.465 e. The maximum atomic E-state index is 12.6. The Bertz CT molecular complexity index is 1000. The number of rotatable bonds is 5. The highest BCUT2D eigenvalue weighted by Gasteiger charge is 2.31. The molecule has 1 atom stereocenters. The van der Waals surface area contributed by atoms with Crippen molar-refractivity contribution in [3.05, 3.63) is 21.8 Å². The van der Waals surface area contributed by atoms with Gasteiger partial charge >= 0.3 is 5.97 Å². The van der Waals surface area contributed by atoms with Crippen LogP contribution in [-0.2, 0) is 22.4 Å². The lowest BCUT2D eigenvalue weighted by Crippen LogP contribution is -2.40. The maximum absolute atomic E-state index is 12.6. The fourth-order valence-corrected chi connectivity index (χ4v) is 5.32. The van der Waals surface area contributed by atoms with E-state index in [0.29, 0.717) is 46.1 Å². The van der Waals surface area contributed by atoms with Crippen LogP contribution in [0.3, 0.4) is 0 Å². The van der Waals surface area contributed by atoms with Gasteiger partial charge in [0, 0.05) is 4.88 Å². The minimum atomic E-state index is -0.351. The van der Waals surface area contributed by atoms with Crippen molar-refractivity contribution >= 4 is 45.5 Å². The van der Waals surface area contributed by atoms with Gasteiger partial charge in [-0.25, -0.2) is 14.8 Å². The number of carbonyl (C=O) groups is 2. The van der Waals surface area contributed by atoms with Crippen LogP contribution < -0.4 is 16.0 Å². The van der Waals surface area contributed by atoms with Crippen LogP contribution in [0.2, 0.25) is 0 Å². The first kappa shape index (κ1) is 20.6. The fraction of sp³-hybridized carbons (Fsp3) is 0.524. The average Bonchev–Trinajstić information content (AvgIpc) is 3.06. The van der Waals surface area contributed by atoms with Crippen molar-refractivity contribution in [1.82, 2.24) is 9.97 Å². The third-order valence-electron chi connectivity index (χ3n) is 5.40. The van der Waals surface area contributed by atoms with Crippen molar-refractivity contribution in [2.24, 2.45) is 5.92 Å². The van der Waals surface area contributed by atoms with Gasteiger partial charge in [0.15, 0.2) is 11.6 Å². The zero-order chi connectivity index (χ0) is 21.4. The lowest BCUT2D eigenvalue weighted by atomic mass is 9.95. The molecule has 0 saturated heterocycles. The van der Waals surface area contributed by atoms with Crippen LogP contribution in [0.4, 0.5) is 22.3 Å². The Morgan fingerprint density at radius 1 is 1.30 bits per heavy atom. The van der Waals surface area contributed by atoms with Crippen LogP contribution in [0.25, 0.3) is 0 Å². The van der Waals surface area contributed by atoms with Crippen molar-refractivity contribution in [1.29, 1.82) is 0 Å². The first-order chi connectivity index (χ1) is 14.4. The molecule has 0 saturated carbocycles. The topological polar surface area (TPSA) is 105 Å². The molecule has 8 nitrogen and oxygen atoms in total. The van der Waals surface area contributed by atoms with E-state index >= 15 is 0 Å². The van der Waals surface area contributed by atoms with Gasteiger partial charge < -0.3 is 20.7 Å². The molecule has 1 aliphatic heterocycles. The first-order valence-electron chi connectivity index (χ1n) is 10.3. The molecule has 4 rings (SSSR count). The second kappa shape index (κ2) is 8.22. The third kappa shape index (κ3) is 3.86. The van der Waals surface area contributed by atoms with Crippen LogP contribution in [0, 0.1) is 12.8 Å². The van der Waals surface area contributed by atoms with Crippen molar-refractivity contribution in [2.75, 3.05) is 23.1 Å². The number of methoxy groups -OCH3 is 1. The summed E-state index contributed by atoms with van der Waals surface area (Å²) in [7, 11) is 1.40. The van der Waals surface area contributed by atoms with Crippen LogP contribution >= 0.6 is 11.3 Å². The molecular formula is C21H27N5O3S. The minimum absolute atomic E-state index is 0.106. The molecule has 2 aromatic rings. The van der Waals surface area contributed by atoms with Crippen LogP contribution in [0.15, 0.2) is 0 Å². The van der Waals surface area contributed by atoms with E-state index in [0.717, 1.165) is 31.2 Å². The van der Waals surface area contributed by atoms with E-state index in [9.17, 15) is 9.59 Å². The highest BCUT2D eigenvalue weighted by Crippen LogP contribution is 2.42. The average molecular weight is 430 g/mol. The maximum Gasteiger partial charge on any atom is 0.341 e. The molecule has 160 valence electrons. The van der Waals surface area contributed by atoms with Crippen molar-refractivity contribution in [2.45, 2.75) is 58.9 Å². The summed E-state index contributed by atoms with van der Waals surface area (Å²) in [6.45, 7) is 5.97. The summed E-state index contributed by atoms with van der Waals surface area (Å²) in [5.41, 5.74) is 2.15. The van der Waals surface area contributed by atoms with E-state index in [1.165, 1.54) is 12.0 Å². The Morgan fingerprint density at radius 2 is 2.07 bits per heavy atom. The smallest absolute Gasteiger partial charge is 0.341 e. The SMILES string of the molecule is COC(=O)c1c(Nc2nc(C)nc3c2NC(=O)C(CC(C)C)N3)sc2c1CCCC2. The highest BCUT2D eigenvalue weighted by molar-refractivity contribution is 7.16. The van der Waals surface area contributed by atoms with Gasteiger partial charge in [-0.3, -0.25) is 4.79 Å². The quantitative estimate of drug-likeness (QED) is 0.616. The Labute approximate surface area is 179 Å². The van der Waals surface area contributed by atoms with E-state index in [4.69, 9.17) is 4.74 Å². The van der Waals surface area contributed by atoms with E-state index in [2.05, 4.69) is 39.8 Å². The standard InChI is InChI=1S/C21H27N5O3S/c1-10(2)9-13-19(27)25-16-17(24-13)22-11(3)23-18(16)26-20-15(21(28)29-4)12-7-5-6-8-14(12)30-20/h10,13H,5-9H2,1-4H3,(H,25,27)(H2,22,23,24,26). The van der Waals surface area contributed by atoms with Crippen LogP contribution in [-0.4, -0.2) is 35.0 Å². The second-order valence-electron chi connectivity index (χ2n) is 8.19. The zero-order valence-electron chi connectivity index (χ0n) is 17.7. The number of fused-ring (bicyclic) bond motifs is 2. The fourth-order valence-electron chi connectivity index (χ4n) is 4.04. The van der Waals surface area contributed by atoms with E-state index in [1.807, 2.05) is 6.92 Å². The number of thiophene rings is 1. The number of carbonyl (C=O) groups excluding carboxylic acids is 2. The van der Waals surface area contributed by atoms with Crippen molar-refractivity contribution < 1.29 is 14.3 Å². The molecular weight excluding hydrogens is 402 g/mol. The number of anilines is 4. The summed E-state index contributed by atoms with van der Waals surface area (Å²) in [5.74, 6) is 1.56. The van der Waals surface area contributed by atoms with E-state index < -0.39 is 0 Å². The number of hydrogen-bond acceptors (Lipinski definition) is 8. The van der Waals surface area contributed by atoms with Gasteiger partial charge in [-0.2, -0.15) is 0 Å². The molecule has 3 heterocycles. The molecule has 30 heavy (non-hydrogen) atoms. The zero-order valence-corrected chi connectivity index (χ0v) is 18.5. The van der Waals surface area contributed by atoms with E-state index in [-0.39, 0.29) is 17.9 Å². The number of nitrogens with one attached hydrogen (secondary N) is 3. The summed E-state index contributed by atoms with van der Waals surface area (Å²) < 4.78 is 5.06. The van der Waals surface area contributed by atoms with Gasteiger partial charge in [0.2, 0.25) is 5.91 Å². The second-order valence-corrected chi connectivity index (χ2v) is 9.30. The first-order valence-corrected chi connectivity index (χ1v) is 11.1. The van der Waals surface area contributed by atoms with Gasteiger partial charge in [0.25, 0.3) is 0 Å². The summed E-state index contributed by atoms with van der Waals surface area (Å²) in [5, 5.41) is 10.2. The van der Waals surface area contributed by atoms with Crippen molar-refractivity contribution in [3.8, 4) is 0 Å². The lowest BCUT2D eigenvalue weighted by molar-refractivity contribution is -0.117. The number of aromatic nitrogens is 2. The van der Waals surface area contributed by atoms with Gasteiger partial charge in [-0.15, -0.1) is 11.3 Å². The number of nitrogens with zero attached hydrogens (tertiary/aromatic N) is 2. The number of aryl methyl sites for hydroxylation is 2. The Balaban J connectivity index is 1.72. The number of hydrogen-bond donors (Lipinski definition) is 3.